The summed E-state index contributed by atoms with van der Waals surface area (Å²) in [6.45, 7) is 5.91. The molecular weight excluding hydrogens is 178 g/mol. The van der Waals surface area contributed by atoms with E-state index in [9.17, 15) is 0 Å². The SMILES string of the molecule is CCC(c1ccco1)N1CCOCC1. The second-order valence-corrected chi connectivity index (χ2v) is 3.59. The zero-order valence-electron chi connectivity index (χ0n) is 8.61. The molecule has 1 aromatic heterocycles. The summed E-state index contributed by atoms with van der Waals surface area (Å²) in [5.41, 5.74) is 0. The van der Waals surface area contributed by atoms with Crippen LogP contribution >= 0.6 is 0 Å². The maximum atomic E-state index is 5.46. The molecule has 1 unspecified atom stereocenters. The minimum atomic E-state index is 0.425. The topological polar surface area (TPSA) is 25.6 Å². The van der Waals surface area contributed by atoms with Gasteiger partial charge in [0, 0.05) is 13.1 Å². The van der Waals surface area contributed by atoms with Gasteiger partial charge in [0.25, 0.3) is 0 Å². The van der Waals surface area contributed by atoms with Gasteiger partial charge in [-0.05, 0) is 18.6 Å². The molecular formula is C11H17NO2. The minimum absolute atomic E-state index is 0.425. The van der Waals surface area contributed by atoms with Crippen molar-refractivity contribution in [1.82, 2.24) is 4.90 Å². The Morgan fingerprint density at radius 2 is 2.21 bits per heavy atom. The van der Waals surface area contributed by atoms with Crippen molar-refractivity contribution in [2.45, 2.75) is 19.4 Å². The summed E-state index contributed by atoms with van der Waals surface area (Å²) in [5, 5.41) is 0. The maximum absolute atomic E-state index is 5.46. The van der Waals surface area contributed by atoms with Gasteiger partial charge >= 0.3 is 0 Å². The van der Waals surface area contributed by atoms with Gasteiger partial charge in [-0.25, -0.2) is 0 Å². The van der Waals surface area contributed by atoms with Crippen molar-refractivity contribution in [3.63, 3.8) is 0 Å². The number of hydrogen-bond acceptors (Lipinski definition) is 3. The van der Waals surface area contributed by atoms with E-state index in [4.69, 9.17) is 9.15 Å². The van der Waals surface area contributed by atoms with Crippen molar-refractivity contribution in [1.29, 1.82) is 0 Å². The largest absolute Gasteiger partial charge is 0.468 e. The molecule has 0 aliphatic carbocycles. The van der Waals surface area contributed by atoms with Crippen LogP contribution in [-0.2, 0) is 4.74 Å². The number of rotatable bonds is 3. The van der Waals surface area contributed by atoms with Gasteiger partial charge in [-0.15, -0.1) is 0 Å². The highest BCUT2D eigenvalue weighted by Gasteiger charge is 2.22. The summed E-state index contributed by atoms with van der Waals surface area (Å²) in [4.78, 5) is 2.43. The molecule has 2 rings (SSSR count). The van der Waals surface area contributed by atoms with Gasteiger partial charge in [-0.3, -0.25) is 4.90 Å². The number of hydrogen-bond donors (Lipinski definition) is 0. The van der Waals surface area contributed by atoms with Crippen molar-refractivity contribution in [3.05, 3.63) is 24.2 Å². The van der Waals surface area contributed by atoms with Gasteiger partial charge in [0.1, 0.15) is 5.76 Å². The molecule has 1 atom stereocenters. The molecule has 0 amide bonds. The molecule has 78 valence electrons. The summed E-state index contributed by atoms with van der Waals surface area (Å²) in [6, 6.07) is 4.44. The highest BCUT2D eigenvalue weighted by molar-refractivity contribution is 5.04. The highest BCUT2D eigenvalue weighted by Crippen LogP contribution is 2.24. The fourth-order valence-corrected chi connectivity index (χ4v) is 2.01. The van der Waals surface area contributed by atoms with E-state index in [1.807, 2.05) is 6.07 Å². The monoisotopic (exact) mass is 195 g/mol. The Balaban J connectivity index is 2.04. The van der Waals surface area contributed by atoms with Crippen LogP contribution in [0.3, 0.4) is 0 Å². The molecule has 0 saturated carbocycles. The van der Waals surface area contributed by atoms with E-state index < -0.39 is 0 Å². The van der Waals surface area contributed by atoms with Gasteiger partial charge in [0.15, 0.2) is 0 Å². The lowest BCUT2D eigenvalue weighted by Gasteiger charge is -2.32. The Kier molecular flexibility index (Phi) is 3.22. The lowest BCUT2D eigenvalue weighted by atomic mass is 10.1. The molecule has 0 bridgehead atoms. The summed E-state index contributed by atoms with van der Waals surface area (Å²) >= 11 is 0. The zero-order chi connectivity index (χ0) is 9.80. The van der Waals surface area contributed by atoms with E-state index >= 15 is 0 Å². The van der Waals surface area contributed by atoms with Crippen LogP contribution in [0.2, 0.25) is 0 Å². The van der Waals surface area contributed by atoms with Crippen molar-refractivity contribution in [3.8, 4) is 0 Å². The summed E-state index contributed by atoms with van der Waals surface area (Å²) in [6.07, 6.45) is 2.84. The number of morpholine rings is 1. The lowest BCUT2D eigenvalue weighted by Crippen LogP contribution is -2.38. The van der Waals surface area contributed by atoms with E-state index in [1.54, 1.807) is 6.26 Å². The standard InChI is InChI=1S/C11H17NO2/c1-2-10(11-4-3-7-14-11)12-5-8-13-9-6-12/h3-4,7,10H,2,5-6,8-9H2,1H3. The van der Waals surface area contributed by atoms with Crippen LogP contribution < -0.4 is 0 Å². The zero-order valence-corrected chi connectivity index (χ0v) is 8.61. The van der Waals surface area contributed by atoms with Gasteiger partial charge in [0.2, 0.25) is 0 Å². The molecule has 1 aliphatic rings. The normalized spacial score (nSPS) is 20.9. The van der Waals surface area contributed by atoms with Crippen LogP contribution in [0.5, 0.6) is 0 Å². The van der Waals surface area contributed by atoms with Crippen LogP contribution in [0.15, 0.2) is 22.8 Å². The van der Waals surface area contributed by atoms with Crippen LogP contribution in [0.1, 0.15) is 25.1 Å². The van der Waals surface area contributed by atoms with Crippen molar-refractivity contribution in [2.75, 3.05) is 26.3 Å². The molecule has 3 heteroatoms. The molecule has 1 aromatic rings. The van der Waals surface area contributed by atoms with E-state index in [2.05, 4.69) is 17.9 Å². The van der Waals surface area contributed by atoms with Gasteiger partial charge in [0.05, 0.1) is 25.5 Å². The third-order valence-electron chi connectivity index (χ3n) is 2.74. The Labute approximate surface area is 84.6 Å². The Hall–Kier alpha value is -0.800. The molecule has 1 fully saturated rings. The first-order valence-corrected chi connectivity index (χ1v) is 5.27. The number of ether oxygens (including phenoxy) is 1. The van der Waals surface area contributed by atoms with Crippen molar-refractivity contribution < 1.29 is 9.15 Å². The molecule has 2 heterocycles. The predicted molar refractivity (Wildman–Crippen MR) is 54.1 cm³/mol. The smallest absolute Gasteiger partial charge is 0.120 e. The van der Waals surface area contributed by atoms with Crippen LogP contribution in [0.4, 0.5) is 0 Å². The first-order chi connectivity index (χ1) is 6.92. The summed E-state index contributed by atoms with van der Waals surface area (Å²) in [7, 11) is 0. The minimum Gasteiger partial charge on any atom is -0.468 e. The average Bonchev–Trinajstić information content (AvgIpc) is 2.74. The molecule has 3 nitrogen and oxygen atoms in total. The molecule has 14 heavy (non-hydrogen) atoms. The Bertz CT molecular complexity index is 252. The predicted octanol–water partition coefficient (Wildman–Crippen LogP) is 2.06. The summed E-state index contributed by atoms with van der Waals surface area (Å²) < 4.78 is 10.8. The van der Waals surface area contributed by atoms with E-state index in [1.165, 1.54) is 0 Å². The Morgan fingerprint density at radius 1 is 1.43 bits per heavy atom. The maximum Gasteiger partial charge on any atom is 0.120 e. The van der Waals surface area contributed by atoms with Crippen molar-refractivity contribution >= 4 is 0 Å². The van der Waals surface area contributed by atoms with Gasteiger partial charge < -0.3 is 9.15 Å². The summed E-state index contributed by atoms with van der Waals surface area (Å²) in [5.74, 6) is 1.08. The quantitative estimate of drug-likeness (QED) is 0.738. The molecule has 1 aliphatic heterocycles. The fraction of sp³-hybridized carbons (Fsp3) is 0.636. The number of nitrogens with zero attached hydrogens (tertiary/aromatic N) is 1. The van der Waals surface area contributed by atoms with Gasteiger partial charge in [-0.1, -0.05) is 6.92 Å². The van der Waals surface area contributed by atoms with Gasteiger partial charge in [-0.2, -0.15) is 0 Å². The molecule has 0 N–H and O–H groups in total. The lowest BCUT2D eigenvalue weighted by molar-refractivity contribution is 0.0107. The first kappa shape index (κ1) is 9.74. The van der Waals surface area contributed by atoms with Crippen molar-refractivity contribution in [2.24, 2.45) is 0 Å². The molecule has 1 saturated heterocycles. The Morgan fingerprint density at radius 3 is 2.79 bits per heavy atom. The first-order valence-electron chi connectivity index (χ1n) is 5.27. The van der Waals surface area contributed by atoms with E-state index in [0.29, 0.717) is 6.04 Å². The molecule has 0 radical (unpaired) electrons. The third-order valence-corrected chi connectivity index (χ3v) is 2.74. The van der Waals surface area contributed by atoms with Crippen LogP contribution in [-0.4, -0.2) is 31.2 Å². The fourth-order valence-electron chi connectivity index (χ4n) is 2.01. The van der Waals surface area contributed by atoms with E-state index in [0.717, 1.165) is 38.5 Å². The molecule has 0 aromatic carbocycles. The number of furan rings is 1. The third kappa shape index (κ3) is 1.99. The average molecular weight is 195 g/mol. The highest BCUT2D eigenvalue weighted by atomic mass is 16.5. The van der Waals surface area contributed by atoms with E-state index in [-0.39, 0.29) is 0 Å². The second-order valence-electron chi connectivity index (χ2n) is 3.59. The molecule has 0 spiro atoms. The van der Waals surface area contributed by atoms with Crippen LogP contribution in [0, 0.1) is 0 Å². The van der Waals surface area contributed by atoms with Crippen LogP contribution in [0.25, 0.3) is 0 Å². The second kappa shape index (κ2) is 4.62.